The van der Waals surface area contributed by atoms with Crippen molar-refractivity contribution >= 4 is 58.4 Å². The number of benzene rings is 4. The molecule has 0 unspecified atom stereocenters. The third-order valence-corrected chi connectivity index (χ3v) is 8.58. The van der Waals surface area contributed by atoms with E-state index >= 15 is 0 Å². The van der Waals surface area contributed by atoms with Crippen LogP contribution in [0.25, 0.3) is 0 Å². The lowest BCUT2D eigenvalue weighted by molar-refractivity contribution is -0.121. The number of ether oxygens (including phenoxy) is 3. The summed E-state index contributed by atoms with van der Waals surface area (Å²) in [4.78, 5) is 51.5. The zero-order valence-corrected chi connectivity index (χ0v) is 32.6. The van der Waals surface area contributed by atoms with Crippen molar-refractivity contribution < 1.29 is 28.2 Å². The Labute approximate surface area is 339 Å². The van der Waals surface area contributed by atoms with E-state index in [-0.39, 0.29) is 43.0 Å². The molecule has 0 aliphatic heterocycles. The molecule has 0 radical (unpaired) electrons. The van der Waals surface area contributed by atoms with E-state index in [1.165, 1.54) is 24.8 Å². The van der Waals surface area contributed by atoms with Crippen LogP contribution in [0, 0.1) is 19.7 Å². The Morgan fingerprint density at radius 3 is 1.53 bits per heavy atom. The first kappa shape index (κ1) is 41.0. The zero-order chi connectivity index (χ0) is 41.4. The van der Waals surface area contributed by atoms with Crippen LogP contribution < -0.4 is 46.1 Å². The molecule has 59 heavy (non-hydrogen) atoms. The summed E-state index contributed by atoms with van der Waals surface area (Å²) in [7, 11) is 1.60. The fourth-order valence-corrected chi connectivity index (χ4v) is 5.50. The van der Waals surface area contributed by atoms with Crippen molar-refractivity contribution in [2.75, 3.05) is 65.3 Å². The van der Waals surface area contributed by atoms with E-state index in [9.17, 15) is 14.0 Å². The van der Waals surface area contributed by atoms with E-state index in [1.54, 1.807) is 49.6 Å². The quantitative estimate of drug-likeness (QED) is 0.0447. The molecular formula is C41H43FN12O5. The summed E-state index contributed by atoms with van der Waals surface area (Å²) in [5.41, 5.74) is 3.97. The second-order valence-corrected chi connectivity index (χ2v) is 12.8. The van der Waals surface area contributed by atoms with Crippen LogP contribution in [0.1, 0.15) is 24.0 Å². The van der Waals surface area contributed by atoms with Crippen LogP contribution in [-0.2, 0) is 9.59 Å². The van der Waals surface area contributed by atoms with E-state index in [1.807, 2.05) is 44.2 Å². The van der Waals surface area contributed by atoms with Gasteiger partial charge in [-0.1, -0.05) is 24.3 Å². The van der Waals surface area contributed by atoms with Gasteiger partial charge in [-0.15, -0.1) is 0 Å². The SMILES string of the molecule is COc1cccc(OCCNc2ncnc(Nc3cccc(NC(=O)CCC(=O)Nc4cccc(Nc5ncnc(NCCOc6cccc(F)c6)n5)c4C)c3C)n2)c1. The first-order valence-corrected chi connectivity index (χ1v) is 18.6. The smallest absolute Gasteiger partial charge is 0.232 e. The van der Waals surface area contributed by atoms with Crippen LogP contribution in [0.5, 0.6) is 17.2 Å². The van der Waals surface area contributed by atoms with E-state index in [2.05, 4.69) is 61.8 Å². The number of nitrogens with zero attached hydrogens (tertiary/aromatic N) is 6. The van der Waals surface area contributed by atoms with Crippen molar-refractivity contribution in [1.29, 1.82) is 0 Å². The average molecular weight is 803 g/mol. The number of amides is 2. The highest BCUT2D eigenvalue weighted by Crippen LogP contribution is 2.27. The molecule has 2 heterocycles. The molecule has 18 heteroatoms. The van der Waals surface area contributed by atoms with Crippen LogP contribution in [0.3, 0.4) is 0 Å². The van der Waals surface area contributed by atoms with Crippen molar-refractivity contribution in [3.8, 4) is 17.2 Å². The minimum Gasteiger partial charge on any atom is -0.497 e. The van der Waals surface area contributed by atoms with Crippen molar-refractivity contribution in [1.82, 2.24) is 29.9 Å². The molecule has 6 rings (SSSR count). The summed E-state index contributed by atoms with van der Waals surface area (Å²) in [5, 5.41) is 18.3. The summed E-state index contributed by atoms with van der Waals surface area (Å²) in [6, 6.07) is 24.0. The minimum atomic E-state index is -0.375. The van der Waals surface area contributed by atoms with Crippen molar-refractivity contribution in [2.45, 2.75) is 26.7 Å². The molecule has 4 aromatic carbocycles. The maximum absolute atomic E-state index is 13.4. The fraction of sp³-hybridized carbons (Fsp3) is 0.220. The maximum atomic E-state index is 13.4. The summed E-state index contributed by atoms with van der Waals surface area (Å²) in [5.74, 6) is 2.07. The molecular weight excluding hydrogens is 760 g/mol. The highest BCUT2D eigenvalue weighted by molar-refractivity contribution is 5.98. The monoisotopic (exact) mass is 802 g/mol. The summed E-state index contributed by atoms with van der Waals surface area (Å²) < 4.78 is 29.9. The average Bonchev–Trinajstić information content (AvgIpc) is 3.24. The number of aromatic nitrogens is 6. The molecule has 0 bridgehead atoms. The summed E-state index contributed by atoms with van der Waals surface area (Å²) in [6.45, 7) is 5.15. The number of halogens is 1. The Kier molecular flexibility index (Phi) is 14.3. The molecule has 6 aromatic rings. The summed E-state index contributed by atoms with van der Waals surface area (Å²) in [6.07, 6.45) is 2.66. The molecule has 0 spiro atoms. The van der Waals surface area contributed by atoms with Crippen LogP contribution in [-0.4, -0.2) is 75.1 Å². The second-order valence-electron chi connectivity index (χ2n) is 12.8. The van der Waals surface area contributed by atoms with Gasteiger partial charge >= 0.3 is 0 Å². The van der Waals surface area contributed by atoms with Crippen molar-refractivity contribution in [3.63, 3.8) is 0 Å². The number of hydrogen-bond donors (Lipinski definition) is 6. The number of rotatable bonds is 20. The van der Waals surface area contributed by atoms with Gasteiger partial charge in [0.2, 0.25) is 35.6 Å². The van der Waals surface area contributed by atoms with Gasteiger partial charge in [0.05, 0.1) is 20.2 Å². The largest absolute Gasteiger partial charge is 0.497 e. The van der Waals surface area contributed by atoms with E-state index in [4.69, 9.17) is 14.2 Å². The predicted octanol–water partition coefficient (Wildman–Crippen LogP) is 6.65. The number of nitrogens with one attached hydrogen (secondary N) is 6. The van der Waals surface area contributed by atoms with Gasteiger partial charge in [-0.05, 0) is 73.5 Å². The zero-order valence-electron chi connectivity index (χ0n) is 32.6. The van der Waals surface area contributed by atoms with Gasteiger partial charge in [-0.25, -0.2) is 24.3 Å². The van der Waals surface area contributed by atoms with Crippen LogP contribution in [0.15, 0.2) is 97.6 Å². The number of carbonyl (C=O) groups excluding carboxylic acids is 2. The number of carbonyl (C=O) groups is 2. The molecule has 0 aliphatic carbocycles. The molecule has 304 valence electrons. The predicted molar refractivity (Wildman–Crippen MR) is 222 cm³/mol. The molecule has 0 saturated heterocycles. The Morgan fingerprint density at radius 2 is 1.02 bits per heavy atom. The number of hydrogen-bond acceptors (Lipinski definition) is 15. The molecule has 0 atom stereocenters. The Morgan fingerprint density at radius 1 is 0.576 bits per heavy atom. The highest BCUT2D eigenvalue weighted by Gasteiger charge is 2.14. The Balaban J connectivity index is 0.946. The minimum absolute atomic E-state index is 0.0438. The molecule has 2 aromatic heterocycles. The first-order chi connectivity index (χ1) is 28.7. The molecule has 17 nitrogen and oxygen atoms in total. The lowest BCUT2D eigenvalue weighted by Gasteiger charge is -2.15. The van der Waals surface area contributed by atoms with Gasteiger partial charge in [0.25, 0.3) is 0 Å². The lowest BCUT2D eigenvalue weighted by Crippen LogP contribution is -2.18. The molecule has 0 saturated carbocycles. The normalized spacial score (nSPS) is 10.6. The third kappa shape index (κ3) is 12.4. The van der Waals surface area contributed by atoms with E-state index < -0.39 is 0 Å². The van der Waals surface area contributed by atoms with Gasteiger partial charge < -0.3 is 46.1 Å². The van der Waals surface area contributed by atoms with Gasteiger partial charge in [-0.3, -0.25) is 9.59 Å². The van der Waals surface area contributed by atoms with Gasteiger partial charge in [0, 0.05) is 47.7 Å². The number of methoxy groups -OCH3 is 1. The summed E-state index contributed by atoms with van der Waals surface area (Å²) >= 11 is 0. The van der Waals surface area contributed by atoms with Gasteiger partial charge in [-0.2, -0.15) is 9.97 Å². The fourth-order valence-electron chi connectivity index (χ4n) is 5.50. The van der Waals surface area contributed by atoms with E-state index in [0.29, 0.717) is 77.5 Å². The molecule has 0 aliphatic rings. The molecule has 2 amide bonds. The Bertz CT molecular complexity index is 2370. The molecule has 6 N–H and O–H groups in total. The third-order valence-electron chi connectivity index (χ3n) is 8.58. The highest BCUT2D eigenvalue weighted by atomic mass is 19.1. The Hall–Kier alpha value is -7.63. The van der Waals surface area contributed by atoms with Crippen LogP contribution in [0.4, 0.5) is 50.9 Å². The number of anilines is 8. The van der Waals surface area contributed by atoms with E-state index in [0.717, 1.165) is 11.1 Å². The van der Waals surface area contributed by atoms with Crippen LogP contribution >= 0.6 is 0 Å². The van der Waals surface area contributed by atoms with Crippen molar-refractivity contribution in [2.24, 2.45) is 0 Å². The van der Waals surface area contributed by atoms with Gasteiger partial charge in [0.15, 0.2) is 0 Å². The van der Waals surface area contributed by atoms with Crippen molar-refractivity contribution in [3.05, 3.63) is 115 Å². The molecule has 0 fully saturated rings. The standard InChI is InChI=1S/C41H43FN12O5/c1-26-32(12-6-14-34(26)51-40-47-24-45-38(53-40)43-18-20-58-30-10-4-8-28(42)22-30)49-36(55)16-17-37(56)50-33-13-7-15-35(27(33)2)52-41-48-25-46-39(54-41)44-19-21-59-31-11-5-9-29(23-31)57-3/h4-15,22-25H,16-21H2,1-3H3,(H,49,55)(H,50,56)(H2,43,45,47,51,53)(H2,44,46,48,52,54). The lowest BCUT2D eigenvalue weighted by atomic mass is 10.1. The van der Waals surface area contributed by atoms with Crippen LogP contribution in [0.2, 0.25) is 0 Å². The topological polar surface area (TPSA) is 211 Å². The first-order valence-electron chi connectivity index (χ1n) is 18.6. The maximum Gasteiger partial charge on any atom is 0.232 e. The van der Waals surface area contributed by atoms with Gasteiger partial charge in [0.1, 0.15) is 48.9 Å². The second kappa shape index (κ2) is 20.5.